The summed E-state index contributed by atoms with van der Waals surface area (Å²) in [6, 6.07) is 31.7. The largest absolute Gasteiger partial charge is 0.487 e. The standard InChI is InChI=1S/C24H32NO.C23H30NO.C21H28NO.C20H26NO.C19H24NO/c1-16-10-11-19-22(21(16)20-14-17(2)18(3)15-25(20)6)26-23(4,5)24(19)12-8-7-9-13-24;1-15-9-10-18-21(25-22(4,5)23(18)11-7-8-12-23)20(15)19-13-16(2)17(3)14-24(19)6;1-13-9-10-16-19(23-21(6,7)20(16,4)5)18(13)17-11-14(2)15(3)12-22(17)8;1-13-7-8-16-9-10-20(4,5)22-19(16)18(13)17-11-14(2)15(3)12-21(17)6;1-12-7-8-15-10-19(4,5)21-18(15)17(12)16-9-13(2)14(3)11-20(16)6/h10-11,14-15H,7-9,12-13H2,1-6H3;9-10,13-14H,7-8,11-12H2,1-6H3;9-12H,1-8H3;7-8,11-12H,9-10H2,1-6H3;7-9,11H,10H2,1-6H3/q5*+1/i5*3D3. The van der Waals surface area contributed by atoms with Gasteiger partial charge >= 0.3 is 0 Å². The van der Waals surface area contributed by atoms with Gasteiger partial charge in [0, 0.05) is 118 Å². The third-order valence-electron chi connectivity index (χ3n) is 27.8. The number of benzene rings is 5. The van der Waals surface area contributed by atoms with Gasteiger partial charge in [-0.2, -0.15) is 0 Å². The molecule has 10 heterocycles. The van der Waals surface area contributed by atoms with E-state index >= 15 is 0 Å². The van der Waals surface area contributed by atoms with Crippen LogP contribution in [-0.4, -0.2) is 28.0 Å². The van der Waals surface area contributed by atoms with Crippen molar-refractivity contribution < 1.29 is 67.1 Å². The van der Waals surface area contributed by atoms with Crippen molar-refractivity contribution in [1.29, 1.82) is 0 Å². The molecule has 5 aliphatic heterocycles. The Hall–Kier alpha value is -9.15. The van der Waals surface area contributed by atoms with Gasteiger partial charge in [0.15, 0.2) is 31.0 Å². The molecule has 2 saturated carbocycles. The van der Waals surface area contributed by atoms with E-state index in [9.17, 15) is 0 Å². The van der Waals surface area contributed by atoms with E-state index in [0.717, 1.165) is 160 Å². The number of pyridine rings is 5. The number of rotatable bonds is 5. The highest BCUT2D eigenvalue weighted by Crippen LogP contribution is 2.62. The minimum atomic E-state index is -2.12. The minimum absolute atomic E-state index is 0.0648. The lowest BCUT2D eigenvalue weighted by Crippen LogP contribution is -2.47. The lowest BCUT2D eigenvalue weighted by molar-refractivity contribution is -0.660. The first kappa shape index (κ1) is 67.7. The summed E-state index contributed by atoms with van der Waals surface area (Å²) in [6.07, 6.45) is 22.5. The molecule has 0 amide bonds. The Morgan fingerprint density at radius 2 is 0.547 bits per heavy atom. The van der Waals surface area contributed by atoms with Crippen molar-refractivity contribution in [2.45, 2.75) is 308 Å². The molecule has 5 aromatic carbocycles. The molecule has 0 atom stereocenters. The number of fused-ring (bicyclic) bond motifs is 7. The predicted molar refractivity (Wildman–Crippen MR) is 480 cm³/mol. The quantitative estimate of drug-likeness (QED) is 0.161. The second kappa shape index (κ2) is 31.2. The van der Waals surface area contributed by atoms with Crippen LogP contribution < -0.4 is 46.5 Å². The maximum Gasteiger partial charge on any atom is 0.216 e. The summed E-state index contributed by atoms with van der Waals surface area (Å²) >= 11 is 0. The summed E-state index contributed by atoms with van der Waals surface area (Å²) in [6.45, 7) is 35.2. The molecular weight excluding hydrogens is 1440 g/mol. The van der Waals surface area contributed by atoms with Crippen LogP contribution in [0.1, 0.15) is 279 Å². The lowest BCUT2D eigenvalue weighted by atomic mass is 9.62. The third kappa shape index (κ3) is 15.4. The smallest absolute Gasteiger partial charge is 0.216 e. The van der Waals surface area contributed by atoms with Crippen LogP contribution in [0.4, 0.5) is 0 Å². The first-order valence-electron chi connectivity index (χ1n) is 49.9. The van der Waals surface area contributed by atoms with Gasteiger partial charge in [-0.3, -0.25) is 0 Å². The van der Waals surface area contributed by atoms with E-state index in [2.05, 4.69) is 178 Å². The van der Waals surface area contributed by atoms with Crippen LogP contribution in [0.2, 0.25) is 0 Å². The summed E-state index contributed by atoms with van der Waals surface area (Å²) in [5, 5.41) is 0. The van der Waals surface area contributed by atoms with E-state index in [1.165, 1.54) is 85.6 Å². The van der Waals surface area contributed by atoms with E-state index in [-0.39, 0.29) is 44.3 Å². The van der Waals surface area contributed by atoms with Gasteiger partial charge in [-0.05, 0) is 278 Å². The summed E-state index contributed by atoms with van der Waals surface area (Å²) in [5.41, 5.74) is 27.0. The van der Waals surface area contributed by atoms with Crippen LogP contribution in [0.15, 0.2) is 122 Å². The molecule has 117 heavy (non-hydrogen) atoms. The van der Waals surface area contributed by atoms with Crippen LogP contribution in [-0.2, 0) is 64.3 Å². The maximum atomic E-state index is 7.83. The molecule has 0 N–H and O–H groups in total. The molecule has 618 valence electrons. The van der Waals surface area contributed by atoms with Gasteiger partial charge in [0.05, 0.1) is 27.8 Å². The van der Waals surface area contributed by atoms with E-state index in [1.54, 1.807) is 31.0 Å². The number of aromatic nitrogens is 5. The van der Waals surface area contributed by atoms with Crippen molar-refractivity contribution in [3.8, 4) is 85.0 Å². The Labute approximate surface area is 725 Å². The topological polar surface area (TPSA) is 65.5 Å². The van der Waals surface area contributed by atoms with Crippen LogP contribution in [0.5, 0.6) is 28.7 Å². The molecular formula is C107H140N5O5+5. The highest BCUT2D eigenvalue weighted by molar-refractivity contribution is 5.78. The van der Waals surface area contributed by atoms with Gasteiger partial charge in [-0.1, -0.05) is 107 Å². The maximum absolute atomic E-state index is 7.83. The number of hydrogen-bond donors (Lipinski definition) is 0. The minimum Gasteiger partial charge on any atom is -0.487 e. The number of nitrogens with zero attached hydrogens (tertiary/aromatic N) is 5. The Balaban J connectivity index is 0.000000141. The van der Waals surface area contributed by atoms with Crippen molar-refractivity contribution >= 4 is 0 Å². The first-order valence-corrected chi connectivity index (χ1v) is 42.4. The average molecular weight is 1590 g/mol. The van der Waals surface area contributed by atoms with Crippen molar-refractivity contribution in [2.24, 2.45) is 35.2 Å². The Bertz CT molecular complexity index is 6210. The molecule has 10 nitrogen and oxygen atoms in total. The molecule has 5 aromatic heterocycles. The van der Waals surface area contributed by atoms with Gasteiger partial charge < -0.3 is 23.7 Å². The van der Waals surface area contributed by atoms with E-state index in [4.69, 9.17) is 44.2 Å². The molecule has 10 heteroatoms. The molecule has 2 spiro atoms. The van der Waals surface area contributed by atoms with Crippen molar-refractivity contribution in [1.82, 2.24) is 0 Å². The normalized spacial score (nSPS) is 20.5. The third-order valence-corrected chi connectivity index (χ3v) is 27.8. The monoisotopic (exact) mass is 1590 g/mol. The zero-order valence-corrected chi connectivity index (χ0v) is 75.3. The zero-order valence-electron chi connectivity index (χ0n) is 90.3. The highest BCUT2D eigenvalue weighted by Gasteiger charge is 2.58. The highest BCUT2D eigenvalue weighted by atomic mass is 16.5. The fourth-order valence-corrected chi connectivity index (χ4v) is 19.7. The van der Waals surface area contributed by atoms with E-state index < -0.39 is 34.3 Å². The van der Waals surface area contributed by atoms with E-state index in [1.807, 2.05) is 123 Å². The summed E-state index contributed by atoms with van der Waals surface area (Å²) in [5.74, 6) is 4.76. The number of ether oxygens (including phenoxy) is 5. The molecule has 0 radical (unpaired) electrons. The zero-order chi connectivity index (χ0) is 97.8. The van der Waals surface area contributed by atoms with Gasteiger partial charge in [0.2, 0.25) is 28.5 Å². The molecule has 2 fully saturated rings. The predicted octanol–water partition coefficient (Wildman–Crippen LogP) is 23.1. The van der Waals surface area contributed by atoms with Gasteiger partial charge in [0.1, 0.15) is 92.0 Å². The molecule has 2 aliphatic carbocycles. The Morgan fingerprint density at radius 1 is 0.274 bits per heavy atom. The molecule has 10 aromatic rings. The van der Waals surface area contributed by atoms with Crippen LogP contribution >= 0.6 is 0 Å². The van der Waals surface area contributed by atoms with Crippen molar-refractivity contribution in [3.63, 3.8) is 0 Å². The molecule has 0 unspecified atom stereocenters. The first-order chi connectivity index (χ1) is 60.7. The lowest BCUT2D eigenvalue weighted by Gasteiger charge is -2.43. The van der Waals surface area contributed by atoms with Crippen molar-refractivity contribution in [3.05, 3.63) is 233 Å². The van der Waals surface area contributed by atoms with Gasteiger partial charge in [-0.25, -0.2) is 22.8 Å². The molecule has 0 bridgehead atoms. The number of hydrogen-bond acceptors (Lipinski definition) is 5. The summed E-state index contributed by atoms with van der Waals surface area (Å²) < 4.78 is 158. The van der Waals surface area contributed by atoms with Crippen LogP contribution in [0, 0.1) is 103 Å². The van der Waals surface area contributed by atoms with Gasteiger partial charge in [0.25, 0.3) is 0 Å². The molecule has 7 aliphatic rings. The van der Waals surface area contributed by atoms with Crippen LogP contribution in [0.25, 0.3) is 56.3 Å². The summed E-state index contributed by atoms with van der Waals surface area (Å²) in [4.78, 5) is 0. The van der Waals surface area contributed by atoms with Crippen LogP contribution in [0.3, 0.4) is 0 Å². The SMILES string of the molecule is [2H]C([2H])([2H])c1c[n+](C)c(-c2c(C)ccc3c2OC(C)(C)C3(C)C)cc1C.[2H]C([2H])([2H])c1c[n+](C)c(-c2c(C)ccc3c2OC(C)(C)C3)cc1C.[2H]C([2H])([2H])c1c[n+](C)c(-c2c(C)ccc3c2OC(C)(C)C32CCCC2)cc1C.[2H]C([2H])([2H])c1c[n+](C)c(-c2c(C)ccc3c2OC(C)(C)C32CCCCC2)cc1C.[2H]C([2H])([2H])c1c[n+](C)c(-c2c(C)ccc3c2OC(C)(C)CC3)cc1C. The fourth-order valence-electron chi connectivity index (χ4n) is 19.7. The van der Waals surface area contributed by atoms with E-state index in [0.29, 0.717) is 27.8 Å². The Morgan fingerprint density at radius 3 is 0.889 bits per heavy atom. The average Bonchev–Trinajstić information content (AvgIpc) is 1.55. The second-order valence-electron chi connectivity index (χ2n) is 38.5. The van der Waals surface area contributed by atoms with Gasteiger partial charge in [-0.15, -0.1) is 0 Å². The second-order valence-corrected chi connectivity index (χ2v) is 38.5. The molecule has 17 rings (SSSR count). The summed E-state index contributed by atoms with van der Waals surface area (Å²) in [7, 11) is 9.54. The number of aryl methyl sites for hydroxylation is 21. The van der Waals surface area contributed by atoms with Crippen molar-refractivity contribution in [2.75, 3.05) is 0 Å². The molecule has 0 saturated heterocycles. The Kier molecular flexibility index (Phi) is 18.1. The fraction of sp³-hybridized carbons (Fsp3) is 0.486.